The van der Waals surface area contributed by atoms with Crippen LogP contribution in [0.5, 0.6) is 0 Å². The molecule has 69 heavy (non-hydrogen) atoms. The number of hydrogen-bond acceptors (Lipinski definition) is 13. The lowest BCUT2D eigenvalue weighted by atomic mass is 10.0. The molecule has 0 aliphatic carbocycles. The van der Waals surface area contributed by atoms with Gasteiger partial charge in [0.05, 0.1) is 19.1 Å². The van der Waals surface area contributed by atoms with Gasteiger partial charge in [-0.3, -0.25) is 48.6 Å². The predicted octanol–water partition coefficient (Wildman–Crippen LogP) is -3.87. The summed E-state index contributed by atoms with van der Waals surface area (Å²) in [7, 11) is 0. The molecular formula is C43H58N12O14. The zero-order chi connectivity index (χ0) is 51.2. The SMILES string of the molecule is N=C(N)NCCC[C@H](NC(=O)[C@H](CO)NC(=O)[C@H](CCC(=O)O)NC(=O)[C@H](CC(=O)O)NC(=O)[C@@H](N)Cc1c[nH]c2ccccc12)C(=O)N[C@@H](Cc1ccccc1)C(=O)N[C@@H](CCC(N)=O)C(=O)O. The largest absolute Gasteiger partial charge is 0.481 e. The minimum absolute atomic E-state index is 0.00748. The van der Waals surface area contributed by atoms with Gasteiger partial charge in [0, 0.05) is 42.9 Å². The molecule has 0 bridgehead atoms. The normalized spacial score (nSPS) is 13.9. The van der Waals surface area contributed by atoms with E-state index >= 15 is 0 Å². The van der Waals surface area contributed by atoms with Gasteiger partial charge in [0.2, 0.25) is 41.4 Å². The number of fused-ring (bicyclic) bond motifs is 1. The zero-order valence-electron chi connectivity index (χ0n) is 37.2. The van der Waals surface area contributed by atoms with Crippen molar-refractivity contribution in [3.8, 4) is 0 Å². The maximum absolute atomic E-state index is 13.9. The van der Waals surface area contributed by atoms with Gasteiger partial charge < -0.3 is 79.8 Å². The number of guanidine groups is 1. The molecule has 2 aromatic carbocycles. The Morgan fingerprint density at radius 1 is 0.594 bits per heavy atom. The Kier molecular flexibility index (Phi) is 22.0. The first-order valence-corrected chi connectivity index (χ1v) is 21.5. The Morgan fingerprint density at radius 2 is 1.12 bits per heavy atom. The van der Waals surface area contributed by atoms with Crippen molar-refractivity contribution in [3.05, 3.63) is 71.9 Å². The first-order chi connectivity index (χ1) is 32.7. The summed E-state index contributed by atoms with van der Waals surface area (Å²) < 4.78 is 0. The van der Waals surface area contributed by atoms with Crippen molar-refractivity contribution in [1.82, 2.24) is 42.2 Å². The molecule has 0 aliphatic rings. The smallest absolute Gasteiger partial charge is 0.326 e. The second-order valence-electron chi connectivity index (χ2n) is 15.8. The lowest BCUT2D eigenvalue weighted by Crippen LogP contribution is -2.60. The maximum Gasteiger partial charge on any atom is 0.326 e. The summed E-state index contributed by atoms with van der Waals surface area (Å²) >= 11 is 0. The van der Waals surface area contributed by atoms with Gasteiger partial charge in [-0.15, -0.1) is 0 Å². The van der Waals surface area contributed by atoms with Crippen LogP contribution in [0, 0.1) is 5.41 Å². The number of aromatic nitrogens is 1. The molecule has 7 atom stereocenters. The van der Waals surface area contributed by atoms with E-state index in [2.05, 4.69) is 42.2 Å². The fourth-order valence-corrected chi connectivity index (χ4v) is 6.79. The molecule has 0 aliphatic heterocycles. The monoisotopic (exact) mass is 966 g/mol. The van der Waals surface area contributed by atoms with Gasteiger partial charge in [0.25, 0.3) is 0 Å². The highest BCUT2D eigenvalue weighted by atomic mass is 16.4. The number of carboxylic acids is 3. The number of nitrogens with one attached hydrogen (secondary N) is 9. The number of rotatable bonds is 30. The quantitative estimate of drug-likeness (QED) is 0.0173. The summed E-state index contributed by atoms with van der Waals surface area (Å²) in [6.45, 7) is -1.13. The summed E-state index contributed by atoms with van der Waals surface area (Å²) in [5.41, 5.74) is 18.6. The number of H-pyrrole nitrogens is 1. The van der Waals surface area contributed by atoms with Crippen molar-refractivity contribution in [1.29, 1.82) is 5.41 Å². The Bertz CT molecular complexity index is 2330. The fraction of sp³-hybridized carbons (Fsp3) is 0.419. The number of aromatic amines is 1. The van der Waals surface area contributed by atoms with Crippen LogP contribution in [-0.4, -0.2) is 146 Å². The molecule has 3 rings (SSSR count). The minimum Gasteiger partial charge on any atom is -0.481 e. The average Bonchev–Trinajstić information content (AvgIpc) is 3.70. The first kappa shape index (κ1) is 55.2. The summed E-state index contributed by atoms with van der Waals surface area (Å²) in [6.07, 6.45) is -1.91. The molecule has 0 radical (unpaired) electrons. The van der Waals surface area contributed by atoms with E-state index in [0.717, 1.165) is 10.9 Å². The summed E-state index contributed by atoms with van der Waals surface area (Å²) in [6, 6.07) is 3.90. The number of nitrogens with two attached hydrogens (primary N) is 3. The van der Waals surface area contributed by atoms with Crippen LogP contribution in [0.25, 0.3) is 10.9 Å². The summed E-state index contributed by atoms with van der Waals surface area (Å²) in [5, 5.41) is 63.4. The molecule has 1 aromatic heterocycles. The molecule has 0 fully saturated rings. The van der Waals surface area contributed by atoms with Crippen LogP contribution < -0.4 is 54.4 Å². The van der Waals surface area contributed by atoms with Gasteiger partial charge in [-0.25, -0.2) is 4.79 Å². The molecule has 3 aromatic rings. The van der Waals surface area contributed by atoms with Crippen LogP contribution in [-0.2, 0) is 60.8 Å². The van der Waals surface area contributed by atoms with E-state index in [4.69, 9.17) is 22.6 Å². The van der Waals surface area contributed by atoms with E-state index in [1.807, 2.05) is 0 Å². The molecule has 0 spiro atoms. The van der Waals surface area contributed by atoms with Crippen molar-refractivity contribution in [3.63, 3.8) is 0 Å². The van der Waals surface area contributed by atoms with Crippen LogP contribution >= 0.6 is 0 Å². The first-order valence-electron chi connectivity index (χ1n) is 21.5. The highest BCUT2D eigenvalue weighted by molar-refractivity contribution is 5.98. The van der Waals surface area contributed by atoms with E-state index in [1.54, 1.807) is 60.8 Å². The molecule has 374 valence electrons. The summed E-state index contributed by atoms with van der Waals surface area (Å²) in [5.74, 6) is -12.3. The molecule has 0 saturated heterocycles. The van der Waals surface area contributed by atoms with Crippen LogP contribution in [0.4, 0.5) is 0 Å². The highest BCUT2D eigenvalue weighted by Gasteiger charge is 2.34. The third kappa shape index (κ3) is 18.9. The van der Waals surface area contributed by atoms with Gasteiger partial charge >= 0.3 is 17.9 Å². The molecular weight excluding hydrogens is 909 g/mol. The number of hydrogen-bond donors (Lipinski definition) is 16. The van der Waals surface area contributed by atoms with Gasteiger partial charge in [-0.05, 0) is 49.3 Å². The second-order valence-corrected chi connectivity index (χ2v) is 15.8. The molecule has 0 unspecified atom stereocenters. The van der Waals surface area contributed by atoms with Crippen LogP contribution in [0.15, 0.2) is 60.8 Å². The Balaban J connectivity index is 1.82. The van der Waals surface area contributed by atoms with Crippen LogP contribution in [0.3, 0.4) is 0 Å². The number of primary amides is 1. The maximum atomic E-state index is 13.9. The average molecular weight is 967 g/mol. The van der Waals surface area contributed by atoms with Gasteiger partial charge in [0.1, 0.15) is 36.3 Å². The molecule has 1 heterocycles. The van der Waals surface area contributed by atoms with E-state index in [1.165, 1.54) is 0 Å². The van der Waals surface area contributed by atoms with Gasteiger partial charge in [-0.2, -0.15) is 0 Å². The minimum atomic E-state index is -1.89. The predicted molar refractivity (Wildman–Crippen MR) is 243 cm³/mol. The lowest BCUT2D eigenvalue weighted by molar-refractivity contribution is -0.143. The molecule has 26 nitrogen and oxygen atoms in total. The number of carbonyl (C=O) groups is 10. The molecule has 19 N–H and O–H groups in total. The van der Waals surface area contributed by atoms with Gasteiger partial charge in [0.15, 0.2) is 5.96 Å². The third-order valence-electron chi connectivity index (χ3n) is 10.4. The van der Waals surface area contributed by atoms with Crippen LogP contribution in [0.1, 0.15) is 56.1 Å². The van der Waals surface area contributed by atoms with E-state index in [-0.39, 0.29) is 38.6 Å². The van der Waals surface area contributed by atoms with Crippen molar-refractivity contribution in [2.45, 2.75) is 100 Å². The topological polar surface area (TPSA) is 454 Å². The number of aliphatic carboxylic acids is 3. The number of benzene rings is 2. The molecule has 0 saturated carbocycles. The van der Waals surface area contributed by atoms with Gasteiger partial charge in [-0.1, -0.05) is 48.5 Å². The Hall–Kier alpha value is -8.13. The van der Waals surface area contributed by atoms with Crippen molar-refractivity contribution >= 4 is 76.1 Å². The Morgan fingerprint density at radius 3 is 1.71 bits per heavy atom. The number of aliphatic hydroxyl groups is 1. The lowest BCUT2D eigenvalue weighted by Gasteiger charge is -2.27. The number of carbonyl (C=O) groups excluding carboxylic acids is 7. The van der Waals surface area contributed by atoms with E-state index < -0.39 is 140 Å². The van der Waals surface area contributed by atoms with Crippen molar-refractivity contribution < 1.29 is 68.4 Å². The third-order valence-corrected chi connectivity index (χ3v) is 10.4. The molecule has 7 amide bonds. The number of amides is 7. The fourth-order valence-electron chi connectivity index (χ4n) is 6.79. The van der Waals surface area contributed by atoms with Crippen molar-refractivity contribution in [2.75, 3.05) is 13.2 Å². The van der Waals surface area contributed by atoms with Crippen molar-refractivity contribution in [2.24, 2.45) is 17.2 Å². The number of carboxylic acid groups (broad SMARTS) is 3. The highest BCUT2D eigenvalue weighted by Crippen LogP contribution is 2.19. The van der Waals surface area contributed by atoms with E-state index in [0.29, 0.717) is 11.1 Å². The Labute approximate surface area is 393 Å². The standard InChI is InChI=1S/C43H58N12O14/c44-25(18-23-20-49-26-10-5-4-9-24(23)26)36(62)53-31(19-35(60)61)40(66)51-28(13-15-34(58)59)38(64)55-32(21-56)41(67)50-27(11-6-16-48-43(46)47)37(63)54-30(17-22-7-2-1-3-8-22)39(65)52-29(42(68)69)12-14-33(45)57/h1-5,7-10,20,25,27-32,49,56H,6,11-19,21,44H2,(H2,45,57)(H,50,67)(H,51,66)(H,52,65)(H,53,62)(H,54,63)(H,55,64)(H,58,59)(H,60,61)(H,68,69)(H4,46,47,48)/t25-,27-,28-,29-,30-,31-,32-/m0/s1. The molecule has 26 heteroatoms. The zero-order valence-corrected chi connectivity index (χ0v) is 37.2. The number of para-hydroxylation sites is 1. The van der Waals surface area contributed by atoms with E-state index in [9.17, 15) is 68.4 Å². The van der Waals surface area contributed by atoms with Crippen LogP contribution in [0.2, 0.25) is 0 Å². The number of aliphatic hydroxyl groups excluding tert-OH is 1. The second kappa shape index (κ2) is 27.5. The summed E-state index contributed by atoms with van der Waals surface area (Å²) in [4.78, 5) is 131.